The van der Waals surface area contributed by atoms with Gasteiger partial charge in [-0.3, -0.25) is 4.79 Å². The van der Waals surface area contributed by atoms with Crippen LogP contribution in [0, 0.1) is 0 Å². The van der Waals surface area contributed by atoms with E-state index < -0.39 is 0 Å². The van der Waals surface area contributed by atoms with Crippen LogP contribution in [0.3, 0.4) is 0 Å². The lowest BCUT2D eigenvalue weighted by Crippen LogP contribution is -2.30. The number of rotatable bonds is 6. The molecule has 0 aliphatic carbocycles. The molecule has 0 unspecified atom stereocenters. The summed E-state index contributed by atoms with van der Waals surface area (Å²) in [5.74, 6) is 0.138. The van der Waals surface area contributed by atoms with Gasteiger partial charge in [0.25, 0.3) is 5.91 Å². The Morgan fingerprint density at radius 2 is 1.85 bits per heavy atom. The second-order valence-corrected chi connectivity index (χ2v) is 7.12. The number of carbonyl (C=O) groups excluding carboxylic acids is 1. The SMILES string of the molecule is O=C(COc1ccc(Cl)cc1Cl)NCCc1cn2cc(Cl)cc(Cl)c2n1. The molecule has 26 heavy (non-hydrogen) atoms. The number of aromatic nitrogens is 2. The third kappa shape index (κ3) is 4.74. The smallest absolute Gasteiger partial charge is 0.257 e. The molecule has 2 heterocycles. The van der Waals surface area contributed by atoms with Gasteiger partial charge in [-0.2, -0.15) is 0 Å². The Hall–Kier alpha value is -1.66. The standard InChI is InChI=1S/C17H13Cl4N3O2/c18-10-1-2-15(13(20)5-10)26-9-16(25)22-4-3-12-8-24-7-11(19)6-14(21)17(24)23-12/h1-2,5-8H,3-4,9H2,(H,22,25). The molecule has 1 amide bonds. The van der Waals surface area contributed by atoms with E-state index in [1.54, 1.807) is 34.9 Å². The van der Waals surface area contributed by atoms with Gasteiger partial charge in [0.2, 0.25) is 0 Å². The molecule has 5 nitrogen and oxygen atoms in total. The highest BCUT2D eigenvalue weighted by atomic mass is 35.5. The lowest BCUT2D eigenvalue weighted by Gasteiger charge is -2.08. The fourth-order valence-corrected chi connectivity index (χ4v) is 3.30. The van der Waals surface area contributed by atoms with Gasteiger partial charge in [0, 0.05) is 30.4 Å². The topological polar surface area (TPSA) is 55.6 Å². The van der Waals surface area contributed by atoms with Crippen molar-refractivity contribution in [2.45, 2.75) is 6.42 Å². The zero-order chi connectivity index (χ0) is 18.7. The molecule has 2 aromatic heterocycles. The third-order valence-electron chi connectivity index (χ3n) is 3.48. The van der Waals surface area contributed by atoms with Crippen LogP contribution in [0.25, 0.3) is 5.65 Å². The Kier molecular flexibility index (Phi) is 6.14. The molecular formula is C17H13Cl4N3O2. The van der Waals surface area contributed by atoms with Crippen LogP contribution in [0.1, 0.15) is 5.69 Å². The Labute approximate surface area is 169 Å². The van der Waals surface area contributed by atoms with Crippen molar-refractivity contribution in [2.75, 3.05) is 13.2 Å². The second-order valence-electron chi connectivity index (χ2n) is 5.43. The van der Waals surface area contributed by atoms with Gasteiger partial charge in [-0.1, -0.05) is 46.4 Å². The van der Waals surface area contributed by atoms with Crippen molar-refractivity contribution in [3.8, 4) is 5.75 Å². The number of hydrogen-bond donors (Lipinski definition) is 1. The Morgan fingerprint density at radius 3 is 2.62 bits per heavy atom. The van der Waals surface area contributed by atoms with E-state index in [4.69, 9.17) is 51.1 Å². The molecule has 1 aromatic carbocycles. The quantitative estimate of drug-likeness (QED) is 0.614. The maximum absolute atomic E-state index is 11.9. The van der Waals surface area contributed by atoms with Gasteiger partial charge < -0.3 is 14.5 Å². The Morgan fingerprint density at radius 1 is 1.08 bits per heavy atom. The number of carbonyl (C=O) groups is 1. The fraction of sp³-hybridized carbons (Fsp3) is 0.176. The van der Waals surface area contributed by atoms with Crippen LogP contribution in [0.2, 0.25) is 20.1 Å². The van der Waals surface area contributed by atoms with E-state index >= 15 is 0 Å². The van der Waals surface area contributed by atoms with Crippen molar-refractivity contribution in [3.05, 3.63) is 62.4 Å². The van der Waals surface area contributed by atoms with Crippen molar-refractivity contribution in [1.82, 2.24) is 14.7 Å². The van der Waals surface area contributed by atoms with Crippen molar-refractivity contribution >= 4 is 58.0 Å². The number of halogens is 4. The molecule has 1 N–H and O–H groups in total. The summed E-state index contributed by atoms with van der Waals surface area (Å²) >= 11 is 23.9. The van der Waals surface area contributed by atoms with Crippen molar-refractivity contribution in [1.29, 1.82) is 0 Å². The molecule has 136 valence electrons. The fourth-order valence-electron chi connectivity index (χ4n) is 2.31. The highest BCUT2D eigenvalue weighted by molar-refractivity contribution is 6.36. The first-order valence-corrected chi connectivity index (χ1v) is 9.11. The summed E-state index contributed by atoms with van der Waals surface area (Å²) in [5.41, 5.74) is 1.41. The van der Waals surface area contributed by atoms with Crippen molar-refractivity contribution in [2.24, 2.45) is 0 Å². The number of nitrogens with one attached hydrogen (secondary N) is 1. The molecule has 3 rings (SSSR count). The Balaban J connectivity index is 1.50. The summed E-state index contributed by atoms with van der Waals surface area (Å²) in [6.07, 6.45) is 4.09. The summed E-state index contributed by atoms with van der Waals surface area (Å²) in [6, 6.07) is 6.44. The zero-order valence-corrected chi connectivity index (χ0v) is 16.3. The number of amides is 1. The van der Waals surface area contributed by atoms with Crippen LogP contribution in [0.4, 0.5) is 0 Å². The minimum Gasteiger partial charge on any atom is -0.482 e. The van der Waals surface area contributed by atoms with E-state index in [1.807, 2.05) is 6.20 Å². The zero-order valence-electron chi connectivity index (χ0n) is 13.3. The molecule has 0 saturated carbocycles. The highest BCUT2D eigenvalue weighted by Crippen LogP contribution is 2.27. The summed E-state index contributed by atoms with van der Waals surface area (Å²) < 4.78 is 7.14. The second kappa shape index (κ2) is 8.35. The number of hydrogen-bond acceptors (Lipinski definition) is 3. The van der Waals surface area contributed by atoms with E-state index in [-0.39, 0.29) is 12.5 Å². The molecule has 3 aromatic rings. The summed E-state index contributed by atoms with van der Waals surface area (Å²) in [4.78, 5) is 16.3. The number of pyridine rings is 1. The average molecular weight is 433 g/mol. The van der Waals surface area contributed by atoms with E-state index in [0.29, 0.717) is 44.5 Å². The summed E-state index contributed by atoms with van der Waals surface area (Å²) in [6.45, 7) is 0.264. The van der Waals surface area contributed by atoms with Crippen molar-refractivity contribution in [3.63, 3.8) is 0 Å². The molecule has 0 aliphatic heterocycles. The largest absolute Gasteiger partial charge is 0.482 e. The molecule has 0 aliphatic rings. The highest BCUT2D eigenvalue weighted by Gasteiger charge is 2.09. The van der Waals surface area contributed by atoms with Gasteiger partial charge in [-0.15, -0.1) is 0 Å². The van der Waals surface area contributed by atoms with Crippen LogP contribution in [-0.4, -0.2) is 28.4 Å². The van der Waals surface area contributed by atoms with Gasteiger partial charge in [0.05, 0.1) is 20.8 Å². The third-order valence-corrected chi connectivity index (χ3v) is 4.49. The van der Waals surface area contributed by atoms with Gasteiger partial charge in [-0.25, -0.2) is 4.98 Å². The predicted molar refractivity (Wildman–Crippen MR) is 104 cm³/mol. The molecular weight excluding hydrogens is 420 g/mol. The lowest BCUT2D eigenvalue weighted by molar-refractivity contribution is -0.123. The van der Waals surface area contributed by atoms with Gasteiger partial charge in [0.15, 0.2) is 12.3 Å². The predicted octanol–water partition coefficient (Wildman–Crippen LogP) is 4.69. The van der Waals surface area contributed by atoms with Crippen LogP contribution in [0.15, 0.2) is 36.7 Å². The molecule has 0 fully saturated rings. The van der Waals surface area contributed by atoms with Crippen LogP contribution in [-0.2, 0) is 11.2 Å². The number of ether oxygens (including phenoxy) is 1. The van der Waals surface area contributed by atoms with E-state index in [1.165, 1.54) is 0 Å². The molecule has 0 bridgehead atoms. The maximum Gasteiger partial charge on any atom is 0.257 e. The first-order valence-electron chi connectivity index (χ1n) is 7.59. The monoisotopic (exact) mass is 431 g/mol. The van der Waals surface area contributed by atoms with E-state index in [2.05, 4.69) is 10.3 Å². The Bertz CT molecular complexity index is 959. The van der Waals surface area contributed by atoms with E-state index in [0.717, 1.165) is 5.69 Å². The summed E-state index contributed by atoms with van der Waals surface area (Å²) in [7, 11) is 0. The van der Waals surface area contributed by atoms with E-state index in [9.17, 15) is 4.79 Å². The van der Waals surface area contributed by atoms with Gasteiger partial charge in [-0.05, 0) is 24.3 Å². The average Bonchev–Trinajstić information content (AvgIpc) is 2.97. The molecule has 9 heteroatoms. The van der Waals surface area contributed by atoms with Crippen LogP contribution >= 0.6 is 46.4 Å². The normalized spacial score (nSPS) is 10.9. The van der Waals surface area contributed by atoms with Gasteiger partial charge in [0.1, 0.15) is 5.75 Å². The number of nitrogens with zero attached hydrogens (tertiary/aromatic N) is 2. The minimum absolute atomic E-state index is 0.145. The summed E-state index contributed by atoms with van der Waals surface area (Å²) in [5, 5.41) is 4.61. The molecule has 0 radical (unpaired) electrons. The maximum atomic E-state index is 11.9. The van der Waals surface area contributed by atoms with Crippen LogP contribution in [0.5, 0.6) is 5.75 Å². The first kappa shape index (κ1) is 19.1. The minimum atomic E-state index is -0.263. The number of benzene rings is 1. The molecule has 0 atom stereocenters. The molecule has 0 spiro atoms. The first-order chi connectivity index (χ1) is 12.4. The van der Waals surface area contributed by atoms with Crippen LogP contribution < -0.4 is 10.1 Å². The van der Waals surface area contributed by atoms with Gasteiger partial charge >= 0.3 is 0 Å². The lowest BCUT2D eigenvalue weighted by atomic mass is 10.3. The number of fused-ring (bicyclic) bond motifs is 1. The number of imidazole rings is 1. The van der Waals surface area contributed by atoms with Crippen molar-refractivity contribution < 1.29 is 9.53 Å². The molecule has 0 saturated heterocycles.